The van der Waals surface area contributed by atoms with Gasteiger partial charge in [-0.2, -0.15) is 0 Å². The Bertz CT molecular complexity index is 416. The van der Waals surface area contributed by atoms with Crippen LogP contribution in [0.5, 0.6) is 5.75 Å². The third-order valence-electron chi connectivity index (χ3n) is 3.95. The van der Waals surface area contributed by atoms with E-state index in [2.05, 4.69) is 23.4 Å². The Morgan fingerprint density at radius 2 is 1.67 bits per heavy atom. The second-order valence-corrected chi connectivity index (χ2v) is 5.56. The van der Waals surface area contributed by atoms with Crippen molar-refractivity contribution in [3.63, 3.8) is 0 Å². The Morgan fingerprint density at radius 3 is 2.29 bits per heavy atom. The lowest BCUT2D eigenvalue weighted by atomic mass is 9.96. The van der Waals surface area contributed by atoms with E-state index in [1.807, 2.05) is 12.1 Å². The SMILES string of the molecule is C#CCOc1ccc(CNC2CCCCCCC2)cc1.Cl. The van der Waals surface area contributed by atoms with E-state index in [1.165, 1.54) is 50.5 Å². The van der Waals surface area contributed by atoms with Gasteiger partial charge in [0.05, 0.1) is 0 Å². The molecule has 3 heteroatoms. The normalized spacial score (nSPS) is 16.1. The number of nitrogens with one attached hydrogen (secondary N) is 1. The minimum absolute atomic E-state index is 0. The van der Waals surface area contributed by atoms with Gasteiger partial charge < -0.3 is 10.1 Å². The van der Waals surface area contributed by atoms with Crippen LogP contribution >= 0.6 is 12.4 Å². The minimum Gasteiger partial charge on any atom is -0.481 e. The first-order chi connectivity index (χ1) is 9.88. The molecule has 0 saturated heterocycles. The van der Waals surface area contributed by atoms with Crippen molar-refractivity contribution in [1.82, 2.24) is 5.32 Å². The van der Waals surface area contributed by atoms with Gasteiger partial charge in [-0.15, -0.1) is 18.8 Å². The van der Waals surface area contributed by atoms with E-state index in [0.29, 0.717) is 12.6 Å². The summed E-state index contributed by atoms with van der Waals surface area (Å²) in [7, 11) is 0. The maximum atomic E-state index is 5.38. The Kier molecular flexibility index (Phi) is 8.98. The van der Waals surface area contributed by atoms with Crippen LogP contribution in [0.1, 0.15) is 50.5 Å². The Hall–Kier alpha value is -1.17. The van der Waals surface area contributed by atoms with Gasteiger partial charge in [0, 0.05) is 12.6 Å². The number of ether oxygens (including phenoxy) is 1. The molecular formula is C18H26ClNO. The molecule has 0 heterocycles. The third kappa shape index (κ3) is 6.89. The van der Waals surface area contributed by atoms with Crippen molar-refractivity contribution in [3.05, 3.63) is 29.8 Å². The van der Waals surface area contributed by atoms with Crippen molar-refractivity contribution in [2.24, 2.45) is 0 Å². The van der Waals surface area contributed by atoms with E-state index in [1.54, 1.807) is 0 Å². The van der Waals surface area contributed by atoms with Crippen LogP contribution in [-0.4, -0.2) is 12.6 Å². The lowest BCUT2D eigenvalue weighted by Crippen LogP contribution is -2.29. The molecule has 0 atom stereocenters. The summed E-state index contributed by atoms with van der Waals surface area (Å²) in [6.45, 7) is 1.28. The Morgan fingerprint density at radius 1 is 1.05 bits per heavy atom. The average Bonchev–Trinajstić information content (AvgIpc) is 2.45. The van der Waals surface area contributed by atoms with Gasteiger partial charge in [-0.1, -0.05) is 50.2 Å². The van der Waals surface area contributed by atoms with Gasteiger partial charge in [-0.3, -0.25) is 0 Å². The molecule has 2 nitrogen and oxygen atoms in total. The summed E-state index contributed by atoms with van der Waals surface area (Å²) in [6.07, 6.45) is 14.8. The van der Waals surface area contributed by atoms with E-state index in [-0.39, 0.29) is 12.4 Å². The van der Waals surface area contributed by atoms with Gasteiger partial charge in [-0.25, -0.2) is 0 Å². The van der Waals surface area contributed by atoms with E-state index in [9.17, 15) is 0 Å². The highest BCUT2D eigenvalue weighted by Crippen LogP contribution is 2.18. The standard InChI is InChI=1S/C18H25NO.ClH/c1-2-14-20-18-12-10-16(11-13-18)15-19-17-8-6-4-3-5-7-9-17;/h1,10-13,17,19H,3-9,14-15H2;1H. The number of hydrogen-bond donors (Lipinski definition) is 1. The quantitative estimate of drug-likeness (QED) is 0.818. The van der Waals surface area contributed by atoms with Crippen LogP contribution in [0.4, 0.5) is 0 Å². The summed E-state index contributed by atoms with van der Waals surface area (Å²) in [5.74, 6) is 3.32. The summed E-state index contributed by atoms with van der Waals surface area (Å²) in [4.78, 5) is 0. The van der Waals surface area contributed by atoms with Gasteiger partial charge in [-0.05, 0) is 30.5 Å². The van der Waals surface area contributed by atoms with Gasteiger partial charge in [0.25, 0.3) is 0 Å². The third-order valence-corrected chi connectivity index (χ3v) is 3.95. The average molecular weight is 308 g/mol. The highest BCUT2D eigenvalue weighted by atomic mass is 35.5. The molecule has 1 aliphatic rings. The molecule has 21 heavy (non-hydrogen) atoms. The number of halogens is 1. The van der Waals surface area contributed by atoms with E-state index < -0.39 is 0 Å². The van der Waals surface area contributed by atoms with Crippen LogP contribution in [-0.2, 0) is 6.54 Å². The van der Waals surface area contributed by atoms with Crippen LogP contribution in [0.2, 0.25) is 0 Å². The zero-order valence-corrected chi connectivity index (χ0v) is 13.5. The number of benzene rings is 1. The van der Waals surface area contributed by atoms with Crippen LogP contribution in [0.3, 0.4) is 0 Å². The Labute approximate surface area is 135 Å². The van der Waals surface area contributed by atoms with Gasteiger partial charge in [0.1, 0.15) is 12.4 Å². The molecule has 0 aliphatic heterocycles. The fourth-order valence-electron chi connectivity index (χ4n) is 2.75. The predicted molar refractivity (Wildman–Crippen MR) is 91.0 cm³/mol. The number of hydrogen-bond acceptors (Lipinski definition) is 2. The summed E-state index contributed by atoms with van der Waals surface area (Å²) in [5.41, 5.74) is 1.31. The zero-order valence-electron chi connectivity index (χ0n) is 12.6. The van der Waals surface area contributed by atoms with Crippen LogP contribution in [0.25, 0.3) is 0 Å². The highest BCUT2D eigenvalue weighted by Gasteiger charge is 2.10. The van der Waals surface area contributed by atoms with Crippen LogP contribution in [0, 0.1) is 12.3 Å². The second-order valence-electron chi connectivity index (χ2n) is 5.56. The lowest BCUT2D eigenvalue weighted by molar-refractivity contribution is 0.370. The molecule has 1 aromatic carbocycles. The highest BCUT2D eigenvalue weighted by molar-refractivity contribution is 5.85. The zero-order chi connectivity index (χ0) is 14.0. The van der Waals surface area contributed by atoms with Crippen molar-refractivity contribution in [1.29, 1.82) is 0 Å². The minimum atomic E-state index is 0. The molecule has 0 unspecified atom stereocenters. The van der Waals surface area contributed by atoms with Crippen molar-refractivity contribution >= 4 is 12.4 Å². The fraction of sp³-hybridized carbons (Fsp3) is 0.556. The second kappa shape index (κ2) is 10.5. The van der Waals surface area contributed by atoms with Crippen molar-refractivity contribution in [3.8, 4) is 18.1 Å². The first kappa shape index (κ1) is 17.9. The van der Waals surface area contributed by atoms with E-state index in [0.717, 1.165) is 12.3 Å². The summed E-state index contributed by atoms with van der Waals surface area (Å²) in [6, 6.07) is 8.90. The monoisotopic (exact) mass is 307 g/mol. The first-order valence-electron chi connectivity index (χ1n) is 7.77. The predicted octanol–water partition coefficient (Wildman–Crippen LogP) is 4.32. The van der Waals surface area contributed by atoms with Crippen molar-refractivity contribution in [2.45, 2.75) is 57.5 Å². The first-order valence-corrected chi connectivity index (χ1v) is 7.77. The van der Waals surface area contributed by atoms with Crippen LogP contribution < -0.4 is 10.1 Å². The molecule has 116 valence electrons. The molecule has 1 saturated carbocycles. The molecule has 1 aliphatic carbocycles. The molecule has 1 N–H and O–H groups in total. The molecule has 1 fully saturated rings. The van der Waals surface area contributed by atoms with E-state index >= 15 is 0 Å². The molecule has 0 spiro atoms. The molecule has 0 aromatic heterocycles. The van der Waals surface area contributed by atoms with Crippen molar-refractivity contribution in [2.75, 3.05) is 6.61 Å². The van der Waals surface area contributed by atoms with Gasteiger partial charge in [0.15, 0.2) is 0 Å². The fourth-order valence-corrected chi connectivity index (χ4v) is 2.75. The molecule has 0 bridgehead atoms. The largest absolute Gasteiger partial charge is 0.481 e. The smallest absolute Gasteiger partial charge is 0.148 e. The molecule has 0 amide bonds. The molecule has 1 aromatic rings. The van der Waals surface area contributed by atoms with Gasteiger partial charge in [0.2, 0.25) is 0 Å². The molecular weight excluding hydrogens is 282 g/mol. The van der Waals surface area contributed by atoms with Gasteiger partial charge >= 0.3 is 0 Å². The Balaban J connectivity index is 0.00000220. The van der Waals surface area contributed by atoms with E-state index in [4.69, 9.17) is 11.2 Å². The lowest BCUT2D eigenvalue weighted by Gasteiger charge is -2.21. The molecule has 0 radical (unpaired) electrons. The maximum Gasteiger partial charge on any atom is 0.148 e. The van der Waals surface area contributed by atoms with Crippen molar-refractivity contribution < 1.29 is 4.74 Å². The summed E-state index contributed by atoms with van der Waals surface area (Å²) in [5, 5.41) is 3.70. The summed E-state index contributed by atoms with van der Waals surface area (Å²) >= 11 is 0. The number of rotatable bonds is 5. The summed E-state index contributed by atoms with van der Waals surface area (Å²) < 4.78 is 5.38. The topological polar surface area (TPSA) is 21.3 Å². The molecule has 2 rings (SSSR count). The number of terminal acetylenes is 1. The van der Waals surface area contributed by atoms with Crippen LogP contribution in [0.15, 0.2) is 24.3 Å². The maximum absolute atomic E-state index is 5.38.